The molecule has 3 unspecified atom stereocenters. The molecule has 0 spiro atoms. The van der Waals surface area contributed by atoms with Gasteiger partial charge in [-0.1, -0.05) is 12.1 Å². The third-order valence-corrected chi connectivity index (χ3v) is 8.31. The number of morpholine rings is 1. The third-order valence-electron chi connectivity index (χ3n) is 8.31. The minimum Gasteiger partial charge on any atom is -0.492 e. The van der Waals surface area contributed by atoms with Gasteiger partial charge in [-0.2, -0.15) is 0 Å². The Balaban J connectivity index is 1.10. The molecule has 1 heterocycles. The normalized spacial score (nSPS) is 36.7. The van der Waals surface area contributed by atoms with Crippen molar-refractivity contribution in [2.75, 3.05) is 39.5 Å². The van der Waals surface area contributed by atoms with Gasteiger partial charge in [0.25, 0.3) is 0 Å². The van der Waals surface area contributed by atoms with Crippen LogP contribution < -0.4 is 10.1 Å². The Morgan fingerprint density at radius 3 is 2.50 bits per heavy atom. The van der Waals surface area contributed by atoms with Crippen molar-refractivity contribution in [3.8, 4) is 5.75 Å². The van der Waals surface area contributed by atoms with Gasteiger partial charge in [-0.05, 0) is 80.4 Å². The number of benzene rings is 1. The second-order valence-electron chi connectivity index (χ2n) is 10.6. The molecule has 4 bridgehead atoms. The Morgan fingerprint density at radius 2 is 1.83 bits per heavy atom. The predicted octanol–water partition coefficient (Wildman–Crippen LogP) is 3.21. The van der Waals surface area contributed by atoms with Crippen molar-refractivity contribution in [1.82, 2.24) is 10.2 Å². The van der Waals surface area contributed by atoms with Crippen molar-refractivity contribution in [1.29, 1.82) is 0 Å². The zero-order chi connectivity index (χ0) is 20.6. The van der Waals surface area contributed by atoms with Crippen LogP contribution in [0.4, 0.5) is 0 Å². The maximum atomic E-state index is 11.0. The van der Waals surface area contributed by atoms with Crippen LogP contribution in [0, 0.1) is 17.3 Å². The molecule has 4 saturated carbocycles. The maximum Gasteiger partial charge on any atom is 0.119 e. The summed E-state index contributed by atoms with van der Waals surface area (Å²) in [5.41, 5.74) is 1.22. The van der Waals surface area contributed by atoms with Crippen LogP contribution in [0.15, 0.2) is 24.3 Å². The summed E-state index contributed by atoms with van der Waals surface area (Å²) >= 11 is 0. The summed E-state index contributed by atoms with van der Waals surface area (Å²) in [7, 11) is 0. The standard InChI is InChI=1S/C25H38N2O3/c1-19(24-13-21-12-22(14-24)16-25(28,15-21)18-24)26-17-20-2-4-23(5-3-20)30-11-8-27-6-9-29-10-7-27/h2-5,19,21-22,26,28H,6-18H2,1H3. The maximum absolute atomic E-state index is 11.0. The first-order chi connectivity index (χ1) is 14.5. The van der Waals surface area contributed by atoms with E-state index >= 15 is 0 Å². The lowest BCUT2D eigenvalue weighted by atomic mass is 9.46. The molecule has 3 atom stereocenters. The van der Waals surface area contributed by atoms with Gasteiger partial charge in [-0.25, -0.2) is 0 Å². The van der Waals surface area contributed by atoms with E-state index in [2.05, 4.69) is 41.4 Å². The van der Waals surface area contributed by atoms with Gasteiger partial charge in [0.1, 0.15) is 12.4 Å². The van der Waals surface area contributed by atoms with E-state index < -0.39 is 0 Å². The lowest BCUT2D eigenvalue weighted by Gasteiger charge is -2.62. The van der Waals surface area contributed by atoms with E-state index in [1.54, 1.807) is 0 Å². The highest BCUT2D eigenvalue weighted by atomic mass is 16.5. The van der Waals surface area contributed by atoms with Gasteiger partial charge in [0.05, 0.1) is 18.8 Å². The van der Waals surface area contributed by atoms with Crippen LogP contribution in [0.25, 0.3) is 0 Å². The van der Waals surface area contributed by atoms with Crippen LogP contribution in [0.1, 0.15) is 51.0 Å². The van der Waals surface area contributed by atoms with Crippen LogP contribution in [0.5, 0.6) is 5.75 Å². The number of hydrogen-bond donors (Lipinski definition) is 2. The molecule has 0 radical (unpaired) electrons. The van der Waals surface area contributed by atoms with E-state index in [0.29, 0.717) is 11.5 Å². The molecule has 5 fully saturated rings. The van der Waals surface area contributed by atoms with Crippen LogP contribution >= 0.6 is 0 Å². The van der Waals surface area contributed by atoms with Crippen molar-refractivity contribution in [2.45, 2.75) is 63.6 Å². The first-order valence-electron chi connectivity index (χ1n) is 12.0. The van der Waals surface area contributed by atoms with Gasteiger partial charge in [-0.3, -0.25) is 4.90 Å². The highest BCUT2D eigenvalue weighted by molar-refractivity contribution is 5.27. The molecule has 2 N–H and O–H groups in total. The van der Waals surface area contributed by atoms with E-state index in [1.807, 2.05) is 0 Å². The van der Waals surface area contributed by atoms with E-state index in [0.717, 1.165) is 82.8 Å². The topological polar surface area (TPSA) is 54.0 Å². The highest BCUT2D eigenvalue weighted by Gasteiger charge is 2.58. The monoisotopic (exact) mass is 414 g/mol. The van der Waals surface area contributed by atoms with Gasteiger partial charge >= 0.3 is 0 Å². The van der Waals surface area contributed by atoms with Gasteiger partial charge in [0.15, 0.2) is 0 Å². The summed E-state index contributed by atoms with van der Waals surface area (Å²) in [5, 5.41) is 14.8. The molecule has 0 aromatic heterocycles. The molecule has 30 heavy (non-hydrogen) atoms. The van der Waals surface area contributed by atoms with Gasteiger partial charge in [0.2, 0.25) is 0 Å². The molecule has 166 valence electrons. The Kier molecular flexibility index (Phi) is 5.82. The van der Waals surface area contributed by atoms with Crippen molar-refractivity contribution in [3.05, 3.63) is 29.8 Å². The zero-order valence-corrected chi connectivity index (χ0v) is 18.4. The predicted molar refractivity (Wildman–Crippen MR) is 118 cm³/mol. The van der Waals surface area contributed by atoms with E-state index in [9.17, 15) is 5.11 Å². The number of nitrogens with one attached hydrogen (secondary N) is 1. The average molecular weight is 415 g/mol. The second-order valence-corrected chi connectivity index (χ2v) is 10.6. The fraction of sp³-hybridized carbons (Fsp3) is 0.760. The zero-order valence-electron chi connectivity index (χ0n) is 18.4. The number of hydrogen-bond acceptors (Lipinski definition) is 5. The Morgan fingerprint density at radius 1 is 1.13 bits per heavy atom. The van der Waals surface area contributed by atoms with E-state index in [4.69, 9.17) is 9.47 Å². The number of aliphatic hydroxyl groups is 1. The molecule has 4 aliphatic carbocycles. The fourth-order valence-electron chi connectivity index (χ4n) is 7.10. The second kappa shape index (κ2) is 8.42. The van der Waals surface area contributed by atoms with Crippen molar-refractivity contribution >= 4 is 0 Å². The summed E-state index contributed by atoms with van der Waals surface area (Å²) < 4.78 is 11.3. The summed E-state index contributed by atoms with van der Waals surface area (Å²) in [6, 6.07) is 8.98. The minimum atomic E-state index is -0.375. The molecular weight excluding hydrogens is 376 g/mol. The quantitative estimate of drug-likeness (QED) is 0.684. The lowest BCUT2D eigenvalue weighted by molar-refractivity contribution is -0.172. The van der Waals surface area contributed by atoms with Gasteiger partial charge in [0, 0.05) is 32.2 Å². The molecule has 0 amide bonds. The molecule has 5 aliphatic rings. The molecule has 6 rings (SSSR count). The molecule has 1 aromatic carbocycles. The smallest absolute Gasteiger partial charge is 0.119 e. The Bertz CT molecular complexity index is 702. The summed E-state index contributed by atoms with van der Waals surface area (Å²) in [4.78, 5) is 2.39. The molecular formula is C25H38N2O3. The average Bonchev–Trinajstić information content (AvgIpc) is 2.72. The van der Waals surface area contributed by atoms with Crippen LogP contribution in [-0.4, -0.2) is 61.1 Å². The molecule has 5 heteroatoms. The van der Waals surface area contributed by atoms with Crippen LogP contribution in [-0.2, 0) is 11.3 Å². The van der Waals surface area contributed by atoms with Crippen LogP contribution in [0.3, 0.4) is 0 Å². The molecule has 1 aliphatic heterocycles. The number of nitrogens with zero attached hydrogens (tertiary/aromatic N) is 1. The minimum absolute atomic E-state index is 0.293. The van der Waals surface area contributed by atoms with Crippen molar-refractivity contribution < 1.29 is 14.6 Å². The Labute approximate surface area is 181 Å². The lowest BCUT2D eigenvalue weighted by Crippen LogP contribution is -2.61. The first-order valence-corrected chi connectivity index (χ1v) is 12.0. The van der Waals surface area contributed by atoms with E-state index in [-0.39, 0.29) is 5.60 Å². The summed E-state index contributed by atoms with van der Waals surface area (Å²) in [5.74, 6) is 2.44. The number of rotatable bonds is 8. The SMILES string of the molecule is CC(NCc1ccc(OCCN2CCOCC2)cc1)C12CC3CC(CC(O)(C3)C1)C2. The Hall–Kier alpha value is -1.14. The van der Waals surface area contributed by atoms with Gasteiger partial charge < -0.3 is 19.9 Å². The largest absolute Gasteiger partial charge is 0.492 e. The van der Waals surface area contributed by atoms with Crippen molar-refractivity contribution in [3.63, 3.8) is 0 Å². The number of ether oxygens (including phenoxy) is 2. The van der Waals surface area contributed by atoms with Gasteiger partial charge in [-0.15, -0.1) is 0 Å². The highest BCUT2D eigenvalue weighted by Crippen LogP contribution is 2.62. The fourth-order valence-corrected chi connectivity index (χ4v) is 7.10. The van der Waals surface area contributed by atoms with Crippen LogP contribution in [0.2, 0.25) is 0 Å². The van der Waals surface area contributed by atoms with E-state index in [1.165, 1.54) is 24.8 Å². The molecule has 1 saturated heterocycles. The third kappa shape index (κ3) is 4.40. The molecule has 5 nitrogen and oxygen atoms in total. The molecule has 1 aromatic rings. The first kappa shape index (κ1) is 20.7. The summed E-state index contributed by atoms with van der Waals surface area (Å²) in [6.45, 7) is 8.59. The van der Waals surface area contributed by atoms with Crippen molar-refractivity contribution in [2.24, 2.45) is 17.3 Å². The summed E-state index contributed by atoms with van der Waals surface area (Å²) in [6.07, 6.45) is 7.04.